The predicted octanol–water partition coefficient (Wildman–Crippen LogP) is 4.00. The van der Waals surface area contributed by atoms with Crippen molar-refractivity contribution < 1.29 is 28.5 Å². The average Bonchev–Trinajstić information content (AvgIpc) is 3.11. The number of methoxy groups -OCH3 is 1. The number of benzene rings is 2. The van der Waals surface area contributed by atoms with Crippen molar-refractivity contribution in [2.24, 2.45) is 0 Å². The van der Waals surface area contributed by atoms with E-state index >= 15 is 0 Å². The van der Waals surface area contributed by atoms with E-state index in [0.717, 1.165) is 17.7 Å². The zero-order valence-electron chi connectivity index (χ0n) is 18.1. The Morgan fingerprint density at radius 3 is 2.77 bits per heavy atom. The first kappa shape index (κ1) is 22.2. The van der Waals surface area contributed by atoms with Gasteiger partial charge in [-0.15, -0.1) is 0 Å². The Balaban J connectivity index is 1.65. The van der Waals surface area contributed by atoms with Gasteiger partial charge in [-0.1, -0.05) is 12.1 Å². The summed E-state index contributed by atoms with van der Waals surface area (Å²) in [6, 6.07) is 10.8. The lowest BCUT2D eigenvalue weighted by Crippen LogP contribution is -2.29. The Morgan fingerprint density at radius 1 is 1.26 bits per heavy atom. The molecule has 1 N–H and O–H groups in total. The van der Waals surface area contributed by atoms with Crippen LogP contribution in [0, 0.1) is 0 Å². The van der Waals surface area contributed by atoms with Crippen LogP contribution in [0.2, 0.25) is 0 Å². The Morgan fingerprint density at radius 2 is 2.03 bits per heavy atom. The molecule has 2 aromatic rings. The highest BCUT2D eigenvalue weighted by Crippen LogP contribution is 2.35. The van der Waals surface area contributed by atoms with Crippen LogP contribution < -0.4 is 19.5 Å². The number of rotatable bonds is 8. The highest BCUT2D eigenvalue weighted by Gasteiger charge is 2.22. The molecule has 1 amide bonds. The number of amides is 1. The number of anilines is 1. The number of ether oxygens (including phenoxy) is 4. The number of fused-ring (bicyclic) bond motifs is 1. The maximum atomic E-state index is 12.4. The topological polar surface area (TPSA) is 83.1 Å². The first-order valence-electron chi connectivity index (χ1n) is 10.2. The molecule has 1 heterocycles. The van der Waals surface area contributed by atoms with Crippen molar-refractivity contribution in [2.45, 2.75) is 39.4 Å². The largest absolute Gasteiger partial charge is 0.495 e. The second kappa shape index (κ2) is 10.0. The molecule has 0 aromatic heterocycles. The molecule has 7 nitrogen and oxygen atoms in total. The molecule has 2 aromatic carbocycles. The SMILES string of the molecule is CCOc1cc2c(cc1/C=C/C(=O)O[C@H](C)C(=O)Nc1ccccc1OC)O[C@@H](C)C2. The van der Waals surface area contributed by atoms with Crippen LogP contribution in [-0.2, 0) is 20.7 Å². The maximum absolute atomic E-state index is 12.4. The Hall–Kier alpha value is -3.48. The van der Waals surface area contributed by atoms with Crippen molar-refractivity contribution in [1.82, 2.24) is 0 Å². The van der Waals surface area contributed by atoms with E-state index in [4.69, 9.17) is 18.9 Å². The number of para-hydroxylation sites is 2. The number of nitrogens with one attached hydrogen (secondary N) is 1. The molecule has 0 radical (unpaired) electrons. The molecule has 0 aliphatic carbocycles. The summed E-state index contributed by atoms with van der Waals surface area (Å²) in [4.78, 5) is 24.7. The number of carbonyl (C=O) groups excluding carboxylic acids is 2. The van der Waals surface area contributed by atoms with Crippen LogP contribution in [0.3, 0.4) is 0 Å². The molecule has 2 atom stereocenters. The van der Waals surface area contributed by atoms with Crippen molar-refractivity contribution >= 4 is 23.6 Å². The molecule has 31 heavy (non-hydrogen) atoms. The van der Waals surface area contributed by atoms with Gasteiger partial charge in [0.1, 0.15) is 23.4 Å². The van der Waals surface area contributed by atoms with Gasteiger partial charge in [0.2, 0.25) is 0 Å². The van der Waals surface area contributed by atoms with Crippen LogP contribution in [0.25, 0.3) is 6.08 Å². The normalized spacial score (nSPS) is 15.7. The van der Waals surface area contributed by atoms with E-state index in [-0.39, 0.29) is 6.10 Å². The van der Waals surface area contributed by atoms with Crippen molar-refractivity contribution in [3.8, 4) is 17.2 Å². The highest BCUT2D eigenvalue weighted by molar-refractivity contribution is 5.97. The van der Waals surface area contributed by atoms with Crippen LogP contribution in [0.1, 0.15) is 31.9 Å². The average molecular weight is 425 g/mol. The van der Waals surface area contributed by atoms with E-state index in [2.05, 4.69) is 5.32 Å². The van der Waals surface area contributed by atoms with E-state index in [0.29, 0.717) is 29.4 Å². The highest BCUT2D eigenvalue weighted by atomic mass is 16.5. The summed E-state index contributed by atoms with van der Waals surface area (Å²) in [7, 11) is 1.51. The van der Waals surface area contributed by atoms with Crippen LogP contribution in [0.15, 0.2) is 42.5 Å². The monoisotopic (exact) mass is 425 g/mol. The van der Waals surface area contributed by atoms with Crippen molar-refractivity contribution in [3.05, 3.63) is 53.6 Å². The van der Waals surface area contributed by atoms with Gasteiger partial charge in [0.15, 0.2) is 6.10 Å². The number of carbonyl (C=O) groups is 2. The van der Waals surface area contributed by atoms with Gasteiger partial charge in [0, 0.05) is 23.6 Å². The lowest BCUT2D eigenvalue weighted by molar-refractivity contribution is -0.148. The zero-order chi connectivity index (χ0) is 22.4. The van der Waals surface area contributed by atoms with Gasteiger partial charge in [-0.2, -0.15) is 0 Å². The van der Waals surface area contributed by atoms with Gasteiger partial charge >= 0.3 is 5.97 Å². The van der Waals surface area contributed by atoms with E-state index in [9.17, 15) is 9.59 Å². The molecule has 7 heteroatoms. The van der Waals surface area contributed by atoms with Crippen molar-refractivity contribution in [1.29, 1.82) is 0 Å². The Labute approximate surface area is 181 Å². The minimum Gasteiger partial charge on any atom is -0.495 e. The standard InChI is InChI=1S/C24H27NO6/c1-5-29-21-14-18-12-15(2)30-22(18)13-17(21)10-11-23(26)31-16(3)24(27)25-19-8-6-7-9-20(19)28-4/h6-11,13-16H,5,12H2,1-4H3,(H,25,27)/b11-10+/t15-,16+/m0/s1. The molecule has 1 aliphatic rings. The van der Waals surface area contributed by atoms with Gasteiger partial charge in [-0.3, -0.25) is 4.79 Å². The Kier molecular flexibility index (Phi) is 7.18. The fourth-order valence-corrected chi connectivity index (χ4v) is 3.27. The third-order valence-corrected chi connectivity index (χ3v) is 4.75. The molecule has 0 fully saturated rings. The third-order valence-electron chi connectivity index (χ3n) is 4.75. The predicted molar refractivity (Wildman–Crippen MR) is 118 cm³/mol. The molecule has 1 aliphatic heterocycles. The molecule has 0 unspecified atom stereocenters. The summed E-state index contributed by atoms with van der Waals surface area (Å²) < 4.78 is 21.9. The quantitative estimate of drug-likeness (QED) is 0.508. The van der Waals surface area contributed by atoms with E-state index in [1.165, 1.54) is 20.1 Å². The molecule has 164 valence electrons. The third kappa shape index (κ3) is 5.57. The molecule has 3 rings (SSSR count). The second-order valence-corrected chi connectivity index (χ2v) is 7.17. The van der Waals surface area contributed by atoms with Gasteiger partial charge in [0.05, 0.1) is 19.4 Å². The smallest absolute Gasteiger partial charge is 0.331 e. The first-order chi connectivity index (χ1) is 14.9. The van der Waals surface area contributed by atoms with Gasteiger partial charge in [-0.25, -0.2) is 4.79 Å². The summed E-state index contributed by atoms with van der Waals surface area (Å²) in [5.74, 6) is 0.880. The van der Waals surface area contributed by atoms with Crippen LogP contribution in [0.4, 0.5) is 5.69 Å². The van der Waals surface area contributed by atoms with Crippen molar-refractivity contribution in [3.63, 3.8) is 0 Å². The van der Waals surface area contributed by atoms with E-state index in [1.54, 1.807) is 30.3 Å². The van der Waals surface area contributed by atoms with Crippen LogP contribution in [-0.4, -0.2) is 37.8 Å². The summed E-state index contributed by atoms with van der Waals surface area (Å²) in [6.07, 6.45) is 2.81. The molecule has 0 bridgehead atoms. The maximum Gasteiger partial charge on any atom is 0.331 e. The molecule has 0 saturated carbocycles. The second-order valence-electron chi connectivity index (χ2n) is 7.17. The lowest BCUT2D eigenvalue weighted by Gasteiger charge is -2.14. The zero-order valence-corrected chi connectivity index (χ0v) is 18.1. The number of hydrogen-bond acceptors (Lipinski definition) is 6. The molecule has 0 spiro atoms. The first-order valence-corrected chi connectivity index (χ1v) is 10.2. The van der Waals surface area contributed by atoms with Crippen LogP contribution in [0.5, 0.6) is 17.2 Å². The molecule has 0 saturated heterocycles. The van der Waals surface area contributed by atoms with Gasteiger partial charge in [0.25, 0.3) is 5.91 Å². The summed E-state index contributed by atoms with van der Waals surface area (Å²) in [5, 5.41) is 2.70. The Bertz CT molecular complexity index is 984. The fraction of sp³-hybridized carbons (Fsp3) is 0.333. The number of esters is 1. The lowest BCUT2D eigenvalue weighted by atomic mass is 10.1. The summed E-state index contributed by atoms with van der Waals surface area (Å²) in [5.41, 5.74) is 2.29. The fourth-order valence-electron chi connectivity index (χ4n) is 3.27. The number of hydrogen-bond donors (Lipinski definition) is 1. The van der Waals surface area contributed by atoms with E-state index in [1.807, 2.05) is 26.0 Å². The summed E-state index contributed by atoms with van der Waals surface area (Å²) in [6.45, 7) is 5.91. The molecular weight excluding hydrogens is 398 g/mol. The van der Waals surface area contributed by atoms with E-state index < -0.39 is 18.0 Å². The van der Waals surface area contributed by atoms with Crippen molar-refractivity contribution in [2.75, 3.05) is 19.0 Å². The van der Waals surface area contributed by atoms with Gasteiger partial charge in [-0.05, 0) is 51.1 Å². The molecular formula is C24H27NO6. The minimum atomic E-state index is -0.988. The summed E-state index contributed by atoms with van der Waals surface area (Å²) >= 11 is 0. The minimum absolute atomic E-state index is 0.108. The van der Waals surface area contributed by atoms with Crippen LogP contribution >= 0.6 is 0 Å². The van der Waals surface area contributed by atoms with Gasteiger partial charge < -0.3 is 24.3 Å².